The number of likely N-dealkylation sites (tertiary alicyclic amines) is 1. The molecular formula is C23H32N4O2. The second-order valence-electron chi connectivity index (χ2n) is 9.35. The van der Waals surface area contributed by atoms with Crippen molar-refractivity contribution < 1.29 is 9.59 Å². The van der Waals surface area contributed by atoms with Gasteiger partial charge in [-0.3, -0.25) is 14.5 Å². The molecule has 0 aromatic heterocycles. The van der Waals surface area contributed by atoms with E-state index in [0.717, 1.165) is 51.0 Å². The predicted molar refractivity (Wildman–Crippen MR) is 112 cm³/mol. The third-order valence-corrected chi connectivity index (χ3v) is 7.89. The van der Waals surface area contributed by atoms with E-state index in [9.17, 15) is 9.59 Å². The van der Waals surface area contributed by atoms with E-state index in [1.54, 1.807) is 0 Å². The van der Waals surface area contributed by atoms with Crippen LogP contribution in [-0.2, 0) is 4.79 Å². The Morgan fingerprint density at radius 3 is 2.90 bits per heavy atom. The van der Waals surface area contributed by atoms with Crippen LogP contribution < -0.4 is 16.0 Å². The molecule has 29 heavy (non-hydrogen) atoms. The Bertz CT molecular complexity index is 812. The summed E-state index contributed by atoms with van der Waals surface area (Å²) in [6.45, 7) is 5.18. The lowest BCUT2D eigenvalue weighted by molar-refractivity contribution is -0.132. The molecule has 5 atom stereocenters. The maximum Gasteiger partial charge on any atom is 0.255 e. The highest BCUT2D eigenvalue weighted by molar-refractivity contribution is 6.02. The van der Waals surface area contributed by atoms with Crippen molar-refractivity contribution in [1.29, 1.82) is 0 Å². The average Bonchev–Trinajstić information content (AvgIpc) is 3.20. The highest BCUT2D eigenvalue weighted by Crippen LogP contribution is 2.51. The summed E-state index contributed by atoms with van der Waals surface area (Å²) in [5, 5.41) is 10.2. The molecule has 2 amide bonds. The van der Waals surface area contributed by atoms with Crippen molar-refractivity contribution in [1.82, 2.24) is 15.5 Å². The molecule has 1 aromatic carbocycles. The fourth-order valence-electron chi connectivity index (χ4n) is 6.36. The van der Waals surface area contributed by atoms with Gasteiger partial charge in [-0.15, -0.1) is 0 Å². The first-order valence-corrected chi connectivity index (χ1v) is 11.3. The van der Waals surface area contributed by atoms with Gasteiger partial charge in [-0.05, 0) is 69.7 Å². The molecule has 1 spiro atoms. The smallest absolute Gasteiger partial charge is 0.255 e. The fraction of sp³-hybridized carbons (Fsp3) is 0.652. The molecular weight excluding hydrogens is 364 g/mol. The molecule has 1 saturated heterocycles. The summed E-state index contributed by atoms with van der Waals surface area (Å²) in [6, 6.07) is 8.22. The maximum atomic E-state index is 13.0. The summed E-state index contributed by atoms with van der Waals surface area (Å²) < 4.78 is 0. The molecule has 2 bridgehead atoms. The molecule has 6 heteroatoms. The minimum atomic E-state index is -0.393. The number of fused-ring (bicyclic) bond motifs is 3. The van der Waals surface area contributed by atoms with Gasteiger partial charge in [-0.1, -0.05) is 19.1 Å². The molecule has 2 heterocycles. The number of rotatable bonds is 4. The number of hydrogen-bond acceptors (Lipinski definition) is 4. The lowest BCUT2D eigenvalue weighted by atomic mass is 9.58. The van der Waals surface area contributed by atoms with Crippen molar-refractivity contribution in [2.24, 2.45) is 17.8 Å². The Morgan fingerprint density at radius 2 is 2.10 bits per heavy atom. The monoisotopic (exact) mass is 396 g/mol. The molecule has 6 rings (SSSR count). The van der Waals surface area contributed by atoms with Crippen molar-refractivity contribution in [3.63, 3.8) is 0 Å². The molecule has 1 aromatic rings. The minimum absolute atomic E-state index is 0.00814. The lowest BCUT2D eigenvalue weighted by Crippen LogP contribution is -2.68. The van der Waals surface area contributed by atoms with Gasteiger partial charge in [0.2, 0.25) is 5.91 Å². The molecule has 3 N–H and O–H groups in total. The van der Waals surface area contributed by atoms with Gasteiger partial charge in [0.15, 0.2) is 0 Å². The van der Waals surface area contributed by atoms with Crippen molar-refractivity contribution >= 4 is 17.5 Å². The van der Waals surface area contributed by atoms with Gasteiger partial charge in [-0.2, -0.15) is 0 Å². The van der Waals surface area contributed by atoms with Crippen LogP contribution in [0.5, 0.6) is 0 Å². The number of carbonyl (C=O) groups excluding carboxylic acids is 2. The van der Waals surface area contributed by atoms with E-state index < -0.39 is 5.66 Å². The summed E-state index contributed by atoms with van der Waals surface area (Å²) in [6.07, 6.45) is 6.25. The Balaban J connectivity index is 1.26. The fourth-order valence-corrected chi connectivity index (χ4v) is 6.36. The first-order valence-electron chi connectivity index (χ1n) is 11.3. The summed E-state index contributed by atoms with van der Waals surface area (Å²) in [5.74, 6) is 0.920. The Labute approximate surface area is 172 Å². The number of likely N-dealkylation sites (N-methyl/N-ethyl adjacent to an activating group) is 1. The van der Waals surface area contributed by atoms with Gasteiger partial charge < -0.3 is 16.0 Å². The third-order valence-electron chi connectivity index (χ3n) is 7.89. The van der Waals surface area contributed by atoms with E-state index in [-0.39, 0.29) is 17.7 Å². The Hall–Kier alpha value is -2.08. The van der Waals surface area contributed by atoms with Crippen LogP contribution in [0.1, 0.15) is 55.8 Å². The number of nitrogens with zero attached hydrogens (tertiary/aromatic N) is 1. The number of nitrogens with one attached hydrogen (secondary N) is 3. The Kier molecular flexibility index (Phi) is 4.77. The SMILES string of the molecule is CCN1CCCC1CNC(=O)C1CC2CCC1C[C@@]21NC(=O)c2ccccc2N1. The van der Waals surface area contributed by atoms with Gasteiger partial charge >= 0.3 is 0 Å². The van der Waals surface area contributed by atoms with Crippen LogP contribution in [0.25, 0.3) is 0 Å². The van der Waals surface area contributed by atoms with Gasteiger partial charge in [0.1, 0.15) is 5.66 Å². The number of amides is 2. The molecule has 2 aliphatic heterocycles. The summed E-state index contributed by atoms with van der Waals surface area (Å²) in [5.41, 5.74) is 1.24. The standard InChI is InChI=1S/C23H32N4O2/c1-2-27-11-5-6-17(27)14-24-21(28)19-12-16-10-9-15(19)13-23(16)25-20-8-4-3-7-18(20)22(29)26-23/h3-4,7-8,15-17,19,25H,2,5-6,9-14H2,1H3,(H,24,28)(H,26,29)/t15?,16?,17?,19?,23-/m1/s1. The molecule has 6 nitrogen and oxygen atoms in total. The quantitative estimate of drug-likeness (QED) is 0.731. The van der Waals surface area contributed by atoms with E-state index in [1.807, 2.05) is 24.3 Å². The van der Waals surface area contributed by atoms with E-state index in [0.29, 0.717) is 23.4 Å². The largest absolute Gasteiger partial charge is 0.362 e. The van der Waals surface area contributed by atoms with E-state index in [2.05, 4.69) is 27.8 Å². The number of anilines is 1. The van der Waals surface area contributed by atoms with Crippen LogP contribution in [0.3, 0.4) is 0 Å². The number of hydrogen-bond donors (Lipinski definition) is 3. The summed E-state index contributed by atoms with van der Waals surface area (Å²) in [7, 11) is 0. The van der Waals surface area contributed by atoms with Crippen LogP contribution in [0.15, 0.2) is 24.3 Å². The van der Waals surface area contributed by atoms with Crippen molar-refractivity contribution in [2.45, 2.75) is 57.2 Å². The van der Waals surface area contributed by atoms with E-state index >= 15 is 0 Å². The molecule has 3 saturated carbocycles. The predicted octanol–water partition coefficient (Wildman–Crippen LogP) is 2.57. The van der Waals surface area contributed by atoms with Gasteiger partial charge in [0, 0.05) is 30.1 Å². The van der Waals surface area contributed by atoms with Crippen LogP contribution >= 0.6 is 0 Å². The lowest BCUT2D eigenvalue weighted by Gasteiger charge is -2.56. The van der Waals surface area contributed by atoms with E-state index in [1.165, 1.54) is 12.8 Å². The maximum absolute atomic E-state index is 13.0. The second-order valence-corrected chi connectivity index (χ2v) is 9.35. The highest BCUT2D eigenvalue weighted by atomic mass is 16.2. The van der Waals surface area contributed by atoms with Crippen LogP contribution in [-0.4, -0.2) is 48.1 Å². The van der Waals surface area contributed by atoms with Crippen molar-refractivity contribution in [3.05, 3.63) is 29.8 Å². The number of para-hydroxylation sites is 1. The molecule has 3 aliphatic carbocycles. The normalized spacial score (nSPS) is 35.8. The zero-order chi connectivity index (χ0) is 20.0. The molecule has 4 unspecified atom stereocenters. The molecule has 5 aliphatic rings. The Morgan fingerprint density at radius 1 is 1.24 bits per heavy atom. The van der Waals surface area contributed by atoms with Gasteiger partial charge in [-0.25, -0.2) is 0 Å². The van der Waals surface area contributed by atoms with Crippen LogP contribution in [0.4, 0.5) is 5.69 Å². The van der Waals surface area contributed by atoms with E-state index in [4.69, 9.17) is 0 Å². The van der Waals surface area contributed by atoms with Crippen molar-refractivity contribution in [3.8, 4) is 0 Å². The zero-order valence-corrected chi connectivity index (χ0v) is 17.2. The third kappa shape index (κ3) is 3.21. The van der Waals surface area contributed by atoms with Gasteiger partial charge in [0.05, 0.1) is 5.56 Å². The topological polar surface area (TPSA) is 73.5 Å². The van der Waals surface area contributed by atoms with Crippen LogP contribution in [0, 0.1) is 17.8 Å². The minimum Gasteiger partial charge on any atom is -0.362 e. The van der Waals surface area contributed by atoms with Crippen molar-refractivity contribution in [2.75, 3.05) is 25.0 Å². The first kappa shape index (κ1) is 18.9. The average molecular weight is 397 g/mol. The van der Waals surface area contributed by atoms with Gasteiger partial charge in [0.25, 0.3) is 5.91 Å². The molecule has 0 radical (unpaired) electrons. The highest BCUT2D eigenvalue weighted by Gasteiger charge is 2.55. The zero-order valence-electron chi connectivity index (χ0n) is 17.2. The summed E-state index contributed by atoms with van der Waals surface area (Å²) >= 11 is 0. The molecule has 4 fully saturated rings. The first-order chi connectivity index (χ1) is 14.1. The number of benzene rings is 1. The van der Waals surface area contributed by atoms with Crippen LogP contribution in [0.2, 0.25) is 0 Å². The molecule has 156 valence electrons. The second kappa shape index (κ2) is 7.31. The summed E-state index contributed by atoms with van der Waals surface area (Å²) in [4.78, 5) is 28.2. The number of carbonyl (C=O) groups is 2.